The molecule has 0 aliphatic carbocycles. The van der Waals surface area contributed by atoms with E-state index in [4.69, 9.17) is 12.2 Å². The first-order valence-corrected chi connectivity index (χ1v) is 4.74. The van der Waals surface area contributed by atoms with E-state index < -0.39 is 0 Å². The molecular weight excluding hydrogens is 214 g/mol. The Morgan fingerprint density at radius 3 is 2.07 bits per heavy atom. The lowest BCUT2D eigenvalue weighted by Gasteiger charge is -1.76. The SMILES string of the molecule is S=c1cccc[nH]1.S=c1nccc[nH]1. The third-order valence-electron chi connectivity index (χ3n) is 1.26. The van der Waals surface area contributed by atoms with E-state index in [1.165, 1.54) is 0 Å². The first-order valence-electron chi connectivity index (χ1n) is 3.92. The third kappa shape index (κ3) is 4.64. The first kappa shape index (κ1) is 10.7. The Labute approximate surface area is 91.9 Å². The van der Waals surface area contributed by atoms with Crippen molar-refractivity contribution in [3.8, 4) is 0 Å². The summed E-state index contributed by atoms with van der Waals surface area (Å²) < 4.78 is 1.31. The van der Waals surface area contributed by atoms with Crippen LogP contribution in [0.3, 0.4) is 0 Å². The smallest absolute Gasteiger partial charge is 0.196 e. The summed E-state index contributed by atoms with van der Waals surface area (Å²) in [6, 6.07) is 7.43. The number of hydrogen-bond donors (Lipinski definition) is 2. The molecule has 2 aromatic rings. The third-order valence-corrected chi connectivity index (χ3v) is 1.74. The molecule has 0 radical (unpaired) electrons. The van der Waals surface area contributed by atoms with Gasteiger partial charge in [0, 0.05) is 18.6 Å². The number of aromatic amines is 2. The van der Waals surface area contributed by atoms with E-state index in [0.717, 1.165) is 4.64 Å². The summed E-state index contributed by atoms with van der Waals surface area (Å²) in [6.45, 7) is 0. The molecule has 14 heavy (non-hydrogen) atoms. The van der Waals surface area contributed by atoms with Gasteiger partial charge < -0.3 is 9.97 Å². The second-order valence-electron chi connectivity index (χ2n) is 2.31. The van der Waals surface area contributed by atoms with Gasteiger partial charge in [-0.05, 0) is 30.4 Å². The summed E-state index contributed by atoms with van der Waals surface area (Å²) in [6.07, 6.45) is 5.20. The molecule has 0 unspecified atom stereocenters. The summed E-state index contributed by atoms with van der Waals surface area (Å²) in [7, 11) is 0. The first-order chi connectivity index (χ1) is 6.79. The zero-order chi connectivity index (χ0) is 10.2. The van der Waals surface area contributed by atoms with E-state index in [-0.39, 0.29) is 0 Å². The molecule has 0 aromatic carbocycles. The van der Waals surface area contributed by atoms with E-state index in [9.17, 15) is 0 Å². The molecule has 0 amide bonds. The number of pyridine rings is 1. The fourth-order valence-corrected chi connectivity index (χ4v) is 0.963. The van der Waals surface area contributed by atoms with Crippen LogP contribution in [0.4, 0.5) is 0 Å². The van der Waals surface area contributed by atoms with Crippen LogP contribution in [-0.2, 0) is 0 Å². The lowest BCUT2D eigenvalue weighted by atomic mass is 10.5. The van der Waals surface area contributed by atoms with Crippen molar-refractivity contribution in [1.82, 2.24) is 15.0 Å². The molecule has 0 aliphatic heterocycles. The second kappa shape index (κ2) is 6.17. The Morgan fingerprint density at radius 1 is 1.00 bits per heavy atom. The molecule has 0 fully saturated rings. The van der Waals surface area contributed by atoms with Crippen LogP contribution in [-0.4, -0.2) is 15.0 Å². The fraction of sp³-hybridized carbons (Fsp3) is 0. The van der Waals surface area contributed by atoms with Crippen molar-refractivity contribution in [3.05, 3.63) is 52.3 Å². The maximum Gasteiger partial charge on any atom is 0.196 e. The highest BCUT2D eigenvalue weighted by Gasteiger charge is 1.66. The van der Waals surface area contributed by atoms with Crippen LogP contribution in [0.25, 0.3) is 0 Å². The Morgan fingerprint density at radius 2 is 1.79 bits per heavy atom. The van der Waals surface area contributed by atoms with Crippen LogP contribution < -0.4 is 0 Å². The number of aromatic nitrogens is 3. The Hall–Kier alpha value is -1.33. The highest BCUT2D eigenvalue weighted by atomic mass is 32.1. The van der Waals surface area contributed by atoms with Gasteiger partial charge in [-0.2, -0.15) is 0 Å². The predicted molar refractivity (Wildman–Crippen MR) is 61.0 cm³/mol. The van der Waals surface area contributed by atoms with Crippen LogP contribution in [0, 0.1) is 9.41 Å². The van der Waals surface area contributed by atoms with Crippen molar-refractivity contribution in [1.29, 1.82) is 0 Å². The van der Waals surface area contributed by atoms with Crippen LogP contribution in [0.15, 0.2) is 42.9 Å². The molecule has 0 saturated carbocycles. The summed E-state index contributed by atoms with van der Waals surface area (Å²) in [5.41, 5.74) is 0. The highest BCUT2D eigenvalue weighted by Crippen LogP contribution is 1.80. The van der Waals surface area contributed by atoms with Gasteiger partial charge in [0.05, 0.1) is 0 Å². The highest BCUT2D eigenvalue weighted by molar-refractivity contribution is 7.71. The standard InChI is InChI=1S/C5H5NS.C4H4N2S/c7-5-3-1-2-4-6-5;7-4-5-2-1-3-6-4/h1-4H,(H,6,7);1-3H,(H,5,6,7). The van der Waals surface area contributed by atoms with Gasteiger partial charge in [0.15, 0.2) is 4.77 Å². The lowest BCUT2D eigenvalue weighted by molar-refractivity contribution is 1.13. The topological polar surface area (TPSA) is 44.5 Å². The molecule has 5 heteroatoms. The summed E-state index contributed by atoms with van der Waals surface area (Å²) in [5, 5.41) is 0. The number of rotatable bonds is 0. The van der Waals surface area contributed by atoms with Crippen molar-refractivity contribution in [3.63, 3.8) is 0 Å². The van der Waals surface area contributed by atoms with Crippen LogP contribution >= 0.6 is 24.4 Å². The molecule has 2 N–H and O–H groups in total. The molecule has 2 rings (SSSR count). The van der Waals surface area contributed by atoms with E-state index in [1.807, 2.05) is 24.4 Å². The molecule has 0 bridgehead atoms. The maximum absolute atomic E-state index is 4.76. The van der Waals surface area contributed by atoms with E-state index >= 15 is 0 Å². The summed E-state index contributed by atoms with van der Waals surface area (Å²) in [4.78, 5) is 9.32. The van der Waals surface area contributed by atoms with Gasteiger partial charge in [0.2, 0.25) is 0 Å². The fourth-order valence-electron chi connectivity index (χ4n) is 0.687. The van der Waals surface area contributed by atoms with Crippen LogP contribution in [0.5, 0.6) is 0 Å². The minimum absolute atomic E-state index is 0.530. The zero-order valence-electron chi connectivity index (χ0n) is 7.31. The second-order valence-corrected chi connectivity index (χ2v) is 3.14. The Balaban J connectivity index is 0.000000140. The normalized spacial score (nSPS) is 8.57. The molecule has 2 aromatic heterocycles. The minimum Gasteiger partial charge on any atom is -0.353 e. The van der Waals surface area contributed by atoms with Crippen molar-refractivity contribution >= 4 is 24.4 Å². The number of H-pyrrole nitrogens is 2. The monoisotopic (exact) mass is 223 g/mol. The van der Waals surface area contributed by atoms with E-state index in [1.54, 1.807) is 18.5 Å². The molecule has 72 valence electrons. The van der Waals surface area contributed by atoms with E-state index in [2.05, 4.69) is 27.2 Å². The quantitative estimate of drug-likeness (QED) is 0.675. The lowest BCUT2D eigenvalue weighted by Crippen LogP contribution is -1.72. The van der Waals surface area contributed by atoms with Gasteiger partial charge in [-0.15, -0.1) is 0 Å². The van der Waals surface area contributed by atoms with Gasteiger partial charge in [0.1, 0.15) is 4.64 Å². The van der Waals surface area contributed by atoms with Gasteiger partial charge in [-0.3, -0.25) is 0 Å². The number of nitrogens with zero attached hydrogens (tertiary/aromatic N) is 1. The van der Waals surface area contributed by atoms with Gasteiger partial charge in [-0.1, -0.05) is 18.3 Å². The largest absolute Gasteiger partial charge is 0.353 e. The van der Waals surface area contributed by atoms with Crippen molar-refractivity contribution in [2.45, 2.75) is 0 Å². The average molecular weight is 223 g/mol. The van der Waals surface area contributed by atoms with E-state index in [0.29, 0.717) is 4.77 Å². The number of hydrogen-bond acceptors (Lipinski definition) is 3. The molecule has 0 atom stereocenters. The van der Waals surface area contributed by atoms with Gasteiger partial charge in [-0.25, -0.2) is 4.98 Å². The van der Waals surface area contributed by atoms with Crippen molar-refractivity contribution < 1.29 is 0 Å². The maximum atomic E-state index is 4.76. The molecule has 2 heterocycles. The summed E-state index contributed by atoms with van der Waals surface area (Å²) >= 11 is 9.40. The summed E-state index contributed by atoms with van der Waals surface area (Å²) in [5.74, 6) is 0. The van der Waals surface area contributed by atoms with Gasteiger partial charge in [0.25, 0.3) is 0 Å². The molecule has 0 aliphatic rings. The molecular formula is C9H9N3S2. The minimum atomic E-state index is 0.530. The molecule has 0 saturated heterocycles. The van der Waals surface area contributed by atoms with Gasteiger partial charge >= 0.3 is 0 Å². The molecule has 0 spiro atoms. The van der Waals surface area contributed by atoms with Crippen LogP contribution in [0.2, 0.25) is 0 Å². The van der Waals surface area contributed by atoms with Crippen molar-refractivity contribution in [2.24, 2.45) is 0 Å². The number of nitrogens with one attached hydrogen (secondary N) is 2. The van der Waals surface area contributed by atoms with Crippen LogP contribution in [0.1, 0.15) is 0 Å². The average Bonchev–Trinajstić information content (AvgIpc) is 2.21. The zero-order valence-corrected chi connectivity index (χ0v) is 8.94. The Kier molecular flexibility index (Phi) is 4.74. The predicted octanol–water partition coefficient (Wildman–Crippen LogP) is 2.88. The Bertz CT molecular complexity index is 395. The molecule has 3 nitrogen and oxygen atoms in total. The van der Waals surface area contributed by atoms with Crippen molar-refractivity contribution in [2.75, 3.05) is 0 Å².